The number of nitrogens with one attached hydrogen (secondary N) is 1. The third-order valence-electron chi connectivity index (χ3n) is 5.11. The highest BCUT2D eigenvalue weighted by Gasteiger charge is 2.17. The topological polar surface area (TPSA) is 80.9 Å². The van der Waals surface area contributed by atoms with E-state index in [0.29, 0.717) is 18.1 Å². The van der Waals surface area contributed by atoms with E-state index in [-0.39, 0.29) is 11.8 Å². The zero-order chi connectivity index (χ0) is 21.8. The highest BCUT2D eigenvalue weighted by molar-refractivity contribution is 7.18. The van der Waals surface area contributed by atoms with Gasteiger partial charge in [-0.2, -0.15) is 4.98 Å². The molecule has 0 atom stereocenters. The van der Waals surface area contributed by atoms with Crippen LogP contribution in [0.5, 0.6) is 0 Å². The molecule has 4 aromatic rings. The van der Waals surface area contributed by atoms with E-state index >= 15 is 0 Å². The van der Waals surface area contributed by atoms with E-state index in [0.717, 1.165) is 46.6 Å². The number of para-hydroxylation sites is 2. The van der Waals surface area contributed by atoms with Crippen LogP contribution in [-0.4, -0.2) is 21.0 Å². The summed E-state index contributed by atoms with van der Waals surface area (Å²) in [6.07, 6.45) is 3.08. The van der Waals surface area contributed by atoms with Crippen LogP contribution >= 0.6 is 11.3 Å². The van der Waals surface area contributed by atoms with Crippen LogP contribution in [0.1, 0.15) is 55.4 Å². The van der Waals surface area contributed by atoms with Gasteiger partial charge in [0.05, 0.1) is 26.5 Å². The molecular formula is C24H26N4O2S. The summed E-state index contributed by atoms with van der Waals surface area (Å²) in [5.41, 5.74) is 3.50. The Bertz CT molecular complexity index is 1160. The molecule has 0 radical (unpaired) electrons. The van der Waals surface area contributed by atoms with Crippen molar-refractivity contribution in [2.75, 3.05) is 5.32 Å². The fourth-order valence-electron chi connectivity index (χ4n) is 3.38. The van der Waals surface area contributed by atoms with Crippen LogP contribution < -0.4 is 5.32 Å². The fraction of sp³-hybridized carbons (Fsp3) is 0.333. The predicted molar refractivity (Wildman–Crippen MR) is 124 cm³/mol. The molecule has 0 saturated carbocycles. The number of aromatic nitrogens is 3. The summed E-state index contributed by atoms with van der Waals surface area (Å²) < 4.78 is 6.66. The maximum Gasteiger partial charge on any atom is 0.260 e. The fourth-order valence-corrected chi connectivity index (χ4v) is 4.39. The van der Waals surface area contributed by atoms with Gasteiger partial charge in [-0.25, -0.2) is 4.98 Å². The van der Waals surface area contributed by atoms with Crippen LogP contribution in [0, 0.1) is 6.92 Å². The minimum Gasteiger partial charge on any atom is -0.334 e. The average molecular weight is 435 g/mol. The monoisotopic (exact) mass is 434 g/mol. The van der Waals surface area contributed by atoms with Crippen molar-refractivity contribution in [3.63, 3.8) is 0 Å². The number of unbranched alkanes of at least 4 members (excludes halogenated alkanes) is 1. The smallest absolute Gasteiger partial charge is 0.260 e. The first kappa shape index (κ1) is 21.2. The van der Waals surface area contributed by atoms with Crippen LogP contribution in [0.4, 0.5) is 5.69 Å². The zero-order valence-corrected chi connectivity index (χ0v) is 18.8. The molecule has 0 saturated heterocycles. The van der Waals surface area contributed by atoms with Crippen LogP contribution in [0.15, 0.2) is 47.0 Å². The van der Waals surface area contributed by atoms with Crippen molar-refractivity contribution in [3.05, 3.63) is 58.9 Å². The Morgan fingerprint density at radius 1 is 1.10 bits per heavy atom. The van der Waals surface area contributed by atoms with Crippen LogP contribution in [0.3, 0.4) is 0 Å². The highest BCUT2D eigenvalue weighted by atomic mass is 32.1. The van der Waals surface area contributed by atoms with Gasteiger partial charge in [-0.3, -0.25) is 4.79 Å². The number of carbonyl (C=O) groups excluding carboxylic acids is 1. The second-order valence-electron chi connectivity index (χ2n) is 7.94. The lowest BCUT2D eigenvalue weighted by molar-refractivity contribution is -0.116. The minimum absolute atomic E-state index is 0.0107. The van der Waals surface area contributed by atoms with Gasteiger partial charge in [-0.05, 0) is 49.9 Å². The van der Waals surface area contributed by atoms with E-state index in [1.54, 1.807) is 11.3 Å². The Kier molecular flexibility index (Phi) is 6.42. The van der Waals surface area contributed by atoms with E-state index in [2.05, 4.69) is 26.5 Å². The largest absolute Gasteiger partial charge is 0.334 e. The molecule has 2 aromatic carbocycles. The van der Waals surface area contributed by atoms with Gasteiger partial charge in [0, 0.05) is 12.3 Å². The molecule has 31 heavy (non-hydrogen) atoms. The molecule has 0 aliphatic rings. The number of anilines is 1. The first-order valence-corrected chi connectivity index (χ1v) is 11.4. The van der Waals surface area contributed by atoms with Crippen molar-refractivity contribution >= 4 is 33.1 Å². The molecule has 2 heterocycles. The van der Waals surface area contributed by atoms with Crippen LogP contribution in [-0.2, 0) is 11.2 Å². The molecule has 160 valence electrons. The summed E-state index contributed by atoms with van der Waals surface area (Å²) in [6.45, 7) is 6.00. The number of hydrogen-bond donors (Lipinski definition) is 1. The van der Waals surface area contributed by atoms with Crippen molar-refractivity contribution in [1.29, 1.82) is 0 Å². The molecule has 0 bridgehead atoms. The summed E-state index contributed by atoms with van der Waals surface area (Å²) in [5.74, 6) is 1.25. The molecule has 0 spiro atoms. The van der Waals surface area contributed by atoms with Crippen molar-refractivity contribution in [2.45, 2.75) is 52.4 Å². The second kappa shape index (κ2) is 9.39. The van der Waals surface area contributed by atoms with Gasteiger partial charge in [0.1, 0.15) is 0 Å². The number of rotatable bonds is 8. The number of amides is 1. The first-order chi connectivity index (χ1) is 15.0. The number of thiazole rings is 1. The van der Waals surface area contributed by atoms with E-state index < -0.39 is 0 Å². The molecule has 2 aromatic heterocycles. The van der Waals surface area contributed by atoms with Gasteiger partial charge in [0.15, 0.2) is 5.82 Å². The molecule has 0 fully saturated rings. The van der Waals surface area contributed by atoms with E-state index in [1.165, 1.54) is 4.70 Å². The number of carbonyl (C=O) groups is 1. The summed E-state index contributed by atoms with van der Waals surface area (Å²) >= 11 is 1.73. The molecule has 0 aliphatic carbocycles. The number of aryl methyl sites for hydroxylation is 2. The summed E-state index contributed by atoms with van der Waals surface area (Å²) in [7, 11) is 0. The second-order valence-corrected chi connectivity index (χ2v) is 9.06. The van der Waals surface area contributed by atoms with E-state index in [9.17, 15) is 4.79 Å². The van der Waals surface area contributed by atoms with Crippen molar-refractivity contribution in [1.82, 2.24) is 15.1 Å². The molecule has 1 amide bonds. The maximum absolute atomic E-state index is 12.6. The Hall–Kier alpha value is -3.06. The van der Waals surface area contributed by atoms with Gasteiger partial charge < -0.3 is 9.84 Å². The minimum atomic E-state index is -0.0107. The quantitative estimate of drug-likeness (QED) is 0.337. The van der Waals surface area contributed by atoms with E-state index in [4.69, 9.17) is 4.52 Å². The van der Waals surface area contributed by atoms with Gasteiger partial charge in [0.25, 0.3) is 5.89 Å². The SMILES string of the molecule is Cc1cccc(-c2nc(C(C)C)no2)c1NC(=O)CCCCc1nc2ccccc2s1. The van der Waals surface area contributed by atoms with Gasteiger partial charge in [-0.1, -0.05) is 43.3 Å². The van der Waals surface area contributed by atoms with Crippen LogP contribution in [0.2, 0.25) is 0 Å². The van der Waals surface area contributed by atoms with Crippen LogP contribution in [0.25, 0.3) is 21.7 Å². The normalized spacial score (nSPS) is 11.4. The number of fused-ring (bicyclic) bond motifs is 1. The van der Waals surface area contributed by atoms with Crippen molar-refractivity contribution < 1.29 is 9.32 Å². The summed E-state index contributed by atoms with van der Waals surface area (Å²) in [6, 6.07) is 14.0. The standard InChI is InChI=1S/C24H26N4O2S/c1-15(2)23-27-24(30-28-23)17-10-8-9-16(3)22(17)26-20(29)13-6-7-14-21-25-18-11-4-5-12-19(18)31-21/h4-5,8-12,15H,6-7,13-14H2,1-3H3,(H,26,29). The first-order valence-electron chi connectivity index (χ1n) is 10.6. The Labute approximate surface area is 185 Å². The molecular weight excluding hydrogens is 408 g/mol. The maximum atomic E-state index is 12.6. The molecule has 0 aliphatic heterocycles. The predicted octanol–water partition coefficient (Wildman–Crippen LogP) is 6.13. The molecule has 6 nitrogen and oxygen atoms in total. The third-order valence-corrected chi connectivity index (χ3v) is 6.20. The Balaban J connectivity index is 1.35. The van der Waals surface area contributed by atoms with Gasteiger partial charge in [0.2, 0.25) is 5.91 Å². The Morgan fingerprint density at radius 2 is 1.94 bits per heavy atom. The van der Waals surface area contributed by atoms with Gasteiger partial charge >= 0.3 is 0 Å². The number of hydrogen-bond acceptors (Lipinski definition) is 6. The zero-order valence-electron chi connectivity index (χ0n) is 18.0. The Morgan fingerprint density at radius 3 is 2.71 bits per heavy atom. The van der Waals surface area contributed by atoms with E-state index in [1.807, 2.05) is 57.2 Å². The molecule has 1 N–H and O–H groups in total. The summed E-state index contributed by atoms with van der Waals surface area (Å²) in [4.78, 5) is 21.8. The third kappa shape index (κ3) is 4.99. The lowest BCUT2D eigenvalue weighted by Gasteiger charge is -2.11. The van der Waals surface area contributed by atoms with Crippen molar-refractivity contribution in [3.8, 4) is 11.5 Å². The molecule has 4 rings (SSSR count). The molecule has 0 unspecified atom stereocenters. The number of nitrogens with zero attached hydrogens (tertiary/aromatic N) is 3. The highest BCUT2D eigenvalue weighted by Crippen LogP contribution is 2.31. The lowest BCUT2D eigenvalue weighted by atomic mass is 10.1. The molecule has 7 heteroatoms. The number of benzene rings is 2. The average Bonchev–Trinajstić information content (AvgIpc) is 3.40. The van der Waals surface area contributed by atoms with Gasteiger partial charge in [-0.15, -0.1) is 11.3 Å². The lowest BCUT2D eigenvalue weighted by Crippen LogP contribution is -2.13. The summed E-state index contributed by atoms with van der Waals surface area (Å²) in [5, 5.41) is 8.22. The van der Waals surface area contributed by atoms with Crippen molar-refractivity contribution in [2.24, 2.45) is 0 Å².